The molecule has 4 rings (SSSR count). The molecule has 1 atom stereocenters. The third-order valence-corrected chi connectivity index (χ3v) is 4.05. The molecule has 2 heterocycles. The fourth-order valence-electron chi connectivity index (χ4n) is 2.98. The Bertz CT molecular complexity index is 800. The quantitative estimate of drug-likeness (QED) is 0.690. The van der Waals surface area contributed by atoms with Crippen LogP contribution in [0.1, 0.15) is 21.5 Å². The lowest BCUT2D eigenvalue weighted by molar-refractivity contribution is -0.120. The van der Waals surface area contributed by atoms with Crippen molar-refractivity contribution in [3.63, 3.8) is 0 Å². The van der Waals surface area contributed by atoms with E-state index in [0.717, 1.165) is 16.8 Å². The van der Waals surface area contributed by atoms with E-state index in [-0.39, 0.29) is 11.8 Å². The number of aryl methyl sites for hydroxylation is 1. The normalized spacial score (nSPS) is 22.1. The molecule has 0 aromatic heterocycles. The maximum atomic E-state index is 12.5. The number of carbonyl (C=O) groups excluding carboxylic acids is 2. The summed E-state index contributed by atoms with van der Waals surface area (Å²) in [6, 6.07) is 12.8. The SMILES string of the molecule is Cc1cccc2c1NC(=O)[C@@]21NC(=O)c2ccccc2N1. The molecule has 0 fully saturated rings. The van der Waals surface area contributed by atoms with Crippen molar-refractivity contribution in [1.82, 2.24) is 5.32 Å². The second-order valence-corrected chi connectivity index (χ2v) is 5.33. The molecule has 2 aliphatic rings. The smallest absolute Gasteiger partial charge is 0.275 e. The molecule has 2 aliphatic heterocycles. The van der Waals surface area contributed by atoms with Crippen molar-refractivity contribution in [2.24, 2.45) is 0 Å². The molecule has 0 radical (unpaired) electrons. The van der Waals surface area contributed by atoms with Crippen LogP contribution in [0, 0.1) is 6.92 Å². The molecule has 0 saturated carbocycles. The average Bonchev–Trinajstić information content (AvgIpc) is 2.74. The van der Waals surface area contributed by atoms with Gasteiger partial charge in [-0.25, -0.2) is 0 Å². The number of nitrogens with one attached hydrogen (secondary N) is 3. The third-order valence-electron chi connectivity index (χ3n) is 4.05. The van der Waals surface area contributed by atoms with Gasteiger partial charge >= 0.3 is 0 Å². The number of para-hydroxylation sites is 2. The van der Waals surface area contributed by atoms with Crippen LogP contribution in [-0.2, 0) is 10.5 Å². The Balaban J connectivity index is 1.93. The second-order valence-electron chi connectivity index (χ2n) is 5.33. The van der Waals surface area contributed by atoms with Crippen LogP contribution in [0.4, 0.5) is 11.4 Å². The largest absolute Gasteiger partial charge is 0.350 e. The zero-order valence-electron chi connectivity index (χ0n) is 11.4. The maximum absolute atomic E-state index is 12.5. The number of hydrogen-bond acceptors (Lipinski definition) is 3. The van der Waals surface area contributed by atoms with Crippen LogP contribution in [0.2, 0.25) is 0 Å². The van der Waals surface area contributed by atoms with E-state index < -0.39 is 5.66 Å². The second kappa shape index (κ2) is 3.85. The standard InChI is InChI=1S/C16H13N3O2/c1-9-5-4-7-11-13(9)17-15(21)16(11)18-12-8-3-2-6-10(12)14(20)19-16/h2-8,18H,1H3,(H,17,21)(H,19,20)/t16-/m0/s1. The minimum atomic E-state index is -1.23. The summed E-state index contributed by atoms with van der Waals surface area (Å²) < 4.78 is 0. The number of rotatable bonds is 0. The summed E-state index contributed by atoms with van der Waals surface area (Å²) in [6.07, 6.45) is 0. The lowest BCUT2D eigenvalue weighted by Crippen LogP contribution is -2.59. The fraction of sp³-hybridized carbons (Fsp3) is 0.125. The predicted octanol–water partition coefficient (Wildman–Crippen LogP) is 1.96. The Morgan fingerprint density at radius 1 is 0.952 bits per heavy atom. The van der Waals surface area contributed by atoms with Gasteiger partial charge in [-0.15, -0.1) is 0 Å². The summed E-state index contributed by atoms with van der Waals surface area (Å²) in [7, 11) is 0. The first-order valence-electron chi connectivity index (χ1n) is 6.73. The summed E-state index contributed by atoms with van der Waals surface area (Å²) in [4.78, 5) is 24.9. The maximum Gasteiger partial charge on any atom is 0.275 e. The minimum absolute atomic E-state index is 0.256. The van der Waals surface area contributed by atoms with Gasteiger partial charge in [0, 0.05) is 11.3 Å². The molecule has 0 bridgehead atoms. The van der Waals surface area contributed by atoms with E-state index in [1.54, 1.807) is 18.2 Å². The van der Waals surface area contributed by atoms with Gasteiger partial charge in [0.1, 0.15) is 0 Å². The number of benzene rings is 2. The van der Waals surface area contributed by atoms with Gasteiger partial charge in [0.15, 0.2) is 0 Å². The van der Waals surface area contributed by atoms with E-state index in [2.05, 4.69) is 16.0 Å². The van der Waals surface area contributed by atoms with Crippen molar-refractivity contribution < 1.29 is 9.59 Å². The van der Waals surface area contributed by atoms with Crippen molar-refractivity contribution in [1.29, 1.82) is 0 Å². The highest BCUT2D eigenvalue weighted by molar-refractivity contribution is 6.14. The summed E-state index contributed by atoms with van der Waals surface area (Å²) in [5, 5.41) is 8.87. The first-order valence-corrected chi connectivity index (χ1v) is 6.73. The van der Waals surface area contributed by atoms with Gasteiger partial charge in [-0.2, -0.15) is 0 Å². The molecule has 2 amide bonds. The molecule has 0 aliphatic carbocycles. The van der Waals surface area contributed by atoms with E-state index in [1.807, 2.05) is 31.2 Å². The average molecular weight is 279 g/mol. The van der Waals surface area contributed by atoms with Crippen molar-refractivity contribution in [3.05, 3.63) is 59.2 Å². The fourth-order valence-corrected chi connectivity index (χ4v) is 2.98. The van der Waals surface area contributed by atoms with E-state index in [0.29, 0.717) is 11.3 Å². The molecular formula is C16H13N3O2. The summed E-state index contributed by atoms with van der Waals surface area (Å²) in [5.41, 5.74) is 2.44. The van der Waals surface area contributed by atoms with Gasteiger partial charge in [0.2, 0.25) is 5.66 Å². The van der Waals surface area contributed by atoms with Gasteiger partial charge in [-0.1, -0.05) is 30.3 Å². The highest BCUT2D eigenvalue weighted by Crippen LogP contribution is 2.41. The van der Waals surface area contributed by atoms with E-state index >= 15 is 0 Å². The molecule has 0 saturated heterocycles. The van der Waals surface area contributed by atoms with Gasteiger partial charge < -0.3 is 16.0 Å². The van der Waals surface area contributed by atoms with Crippen molar-refractivity contribution in [3.8, 4) is 0 Å². The van der Waals surface area contributed by atoms with Crippen LogP contribution in [0.25, 0.3) is 0 Å². The van der Waals surface area contributed by atoms with Gasteiger partial charge in [-0.05, 0) is 24.6 Å². The van der Waals surface area contributed by atoms with Crippen LogP contribution >= 0.6 is 0 Å². The Morgan fingerprint density at radius 2 is 1.76 bits per heavy atom. The van der Waals surface area contributed by atoms with Gasteiger partial charge in [0.05, 0.1) is 11.3 Å². The van der Waals surface area contributed by atoms with E-state index in [9.17, 15) is 9.59 Å². The highest BCUT2D eigenvalue weighted by atomic mass is 16.2. The number of amides is 2. The summed E-state index contributed by atoms with van der Waals surface area (Å²) in [6.45, 7) is 1.93. The Morgan fingerprint density at radius 3 is 2.62 bits per heavy atom. The van der Waals surface area contributed by atoms with Crippen molar-refractivity contribution in [2.75, 3.05) is 10.6 Å². The van der Waals surface area contributed by atoms with Crippen LogP contribution in [0.15, 0.2) is 42.5 Å². The monoisotopic (exact) mass is 279 g/mol. The lowest BCUT2D eigenvalue weighted by atomic mass is 9.94. The molecule has 21 heavy (non-hydrogen) atoms. The van der Waals surface area contributed by atoms with Crippen molar-refractivity contribution >= 4 is 23.2 Å². The Labute approximate surface area is 121 Å². The number of fused-ring (bicyclic) bond motifs is 3. The zero-order chi connectivity index (χ0) is 14.6. The highest BCUT2D eigenvalue weighted by Gasteiger charge is 2.51. The molecule has 3 N–H and O–H groups in total. The first kappa shape index (κ1) is 12.0. The molecule has 2 aromatic carbocycles. The molecule has 5 heteroatoms. The molecular weight excluding hydrogens is 266 g/mol. The van der Waals surface area contributed by atoms with Crippen LogP contribution < -0.4 is 16.0 Å². The summed E-state index contributed by atoms with van der Waals surface area (Å²) in [5.74, 6) is -0.525. The molecule has 0 unspecified atom stereocenters. The topological polar surface area (TPSA) is 70.2 Å². The zero-order valence-corrected chi connectivity index (χ0v) is 11.4. The molecule has 5 nitrogen and oxygen atoms in total. The molecule has 104 valence electrons. The number of anilines is 2. The minimum Gasteiger partial charge on any atom is -0.350 e. The van der Waals surface area contributed by atoms with Crippen LogP contribution in [-0.4, -0.2) is 11.8 Å². The third kappa shape index (κ3) is 1.45. The summed E-state index contributed by atoms with van der Waals surface area (Å²) >= 11 is 0. The lowest BCUT2D eigenvalue weighted by Gasteiger charge is -2.35. The Kier molecular flexibility index (Phi) is 2.19. The first-order chi connectivity index (χ1) is 10.1. The van der Waals surface area contributed by atoms with Crippen LogP contribution in [0.3, 0.4) is 0 Å². The van der Waals surface area contributed by atoms with Crippen molar-refractivity contribution in [2.45, 2.75) is 12.6 Å². The predicted molar refractivity (Wildman–Crippen MR) is 79.0 cm³/mol. The Hall–Kier alpha value is -2.82. The van der Waals surface area contributed by atoms with Gasteiger partial charge in [0.25, 0.3) is 11.8 Å². The van der Waals surface area contributed by atoms with E-state index in [1.165, 1.54) is 0 Å². The number of hydrogen-bond donors (Lipinski definition) is 3. The van der Waals surface area contributed by atoms with Crippen LogP contribution in [0.5, 0.6) is 0 Å². The molecule has 1 spiro atoms. The number of carbonyl (C=O) groups is 2. The van der Waals surface area contributed by atoms with E-state index in [4.69, 9.17) is 0 Å². The molecule has 2 aromatic rings. The van der Waals surface area contributed by atoms with Gasteiger partial charge in [-0.3, -0.25) is 9.59 Å².